The van der Waals surface area contributed by atoms with Crippen molar-refractivity contribution in [1.82, 2.24) is 4.57 Å². The van der Waals surface area contributed by atoms with E-state index in [0.717, 1.165) is 10.6 Å². The summed E-state index contributed by atoms with van der Waals surface area (Å²) < 4.78 is 14.7. The van der Waals surface area contributed by atoms with Gasteiger partial charge in [-0.1, -0.05) is 17.7 Å². The van der Waals surface area contributed by atoms with Gasteiger partial charge in [0, 0.05) is 6.20 Å². The molecule has 0 aliphatic rings. The van der Waals surface area contributed by atoms with E-state index in [1.165, 1.54) is 24.4 Å². The maximum Gasteiger partial charge on any atom is 0.274 e. The van der Waals surface area contributed by atoms with Crippen molar-refractivity contribution >= 4 is 11.6 Å². The molecule has 0 spiro atoms. The molecule has 6 heteroatoms. The molecule has 1 aromatic heterocycles. The fourth-order valence-corrected chi connectivity index (χ4v) is 1.82. The third-order valence-electron chi connectivity index (χ3n) is 2.50. The molecule has 0 aliphatic heterocycles. The zero-order valence-electron chi connectivity index (χ0n) is 9.39. The first-order valence-electron chi connectivity index (χ1n) is 5.10. The van der Waals surface area contributed by atoms with Crippen LogP contribution in [0.15, 0.2) is 35.3 Å². The first-order chi connectivity index (χ1) is 9.10. The second-order valence-corrected chi connectivity index (χ2v) is 3.98. The molecule has 0 unspecified atom stereocenters. The van der Waals surface area contributed by atoms with Gasteiger partial charge < -0.3 is 0 Å². The number of rotatable bonds is 1. The lowest BCUT2D eigenvalue weighted by Gasteiger charge is -2.09. The summed E-state index contributed by atoms with van der Waals surface area (Å²) in [6, 6.07) is 8.63. The van der Waals surface area contributed by atoms with Crippen LogP contribution in [0.2, 0.25) is 5.02 Å². The van der Waals surface area contributed by atoms with Crippen LogP contribution in [0.5, 0.6) is 0 Å². The van der Waals surface area contributed by atoms with Gasteiger partial charge in [0.1, 0.15) is 29.2 Å². The molecule has 4 nitrogen and oxygen atoms in total. The van der Waals surface area contributed by atoms with Crippen LogP contribution in [0, 0.1) is 28.5 Å². The van der Waals surface area contributed by atoms with E-state index < -0.39 is 11.4 Å². The van der Waals surface area contributed by atoms with E-state index in [1.54, 1.807) is 12.1 Å². The lowest BCUT2D eigenvalue weighted by molar-refractivity contribution is 0.615. The van der Waals surface area contributed by atoms with Crippen LogP contribution in [-0.4, -0.2) is 4.57 Å². The molecule has 92 valence electrons. The standard InChI is InChI=1S/C13H5ClFN3O/c14-10-4-5-18(13(19)9(10)7-17)12-8(6-16)2-1-3-11(12)15/h1-5H. The molecular formula is C13H5ClFN3O. The predicted octanol–water partition coefficient (Wildman–Crippen LogP) is 2.37. The number of pyridine rings is 1. The van der Waals surface area contributed by atoms with Crippen LogP contribution in [0.3, 0.4) is 0 Å². The Morgan fingerprint density at radius 1 is 1.21 bits per heavy atom. The first kappa shape index (κ1) is 12.8. The topological polar surface area (TPSA) is 69.6 Å². The van der Waals surface area contributed by atoms with Crippen molar-refractivity contribution in [2.24, 2.45) is 0 Å². The number of halogens is 2. The highest BCUT2D eigenvalue weighted by Gasteiger charge is 2.15. The van der Waals surface area contributed by atoms with Gasteiger partial charge in [-0.2, -0.15) is 10.5 Å². The molecule has 1 heterocycles. The Bertz CT molecular complexity index is 799. The van der Waals surface area contributed by atoms with Crippen LogP contribution in [0.4, 0.5) is 4.39 Å². The van der Waals surface area contributed by atoms with Crippen LogP contribution in [-0.2, 0) is 0 Å². The van der Waals surface area contributed by atoms with Gasteiger partial charge in [0.25, 0.3) is 5.56 Å². The van der Waals surface area contributed by atoms with E-state index in [1.807, 2.05) is 0 Å². The van der Waals surface area contributed by atoms with Gasteiger partial charge in [-0.05, 0) is 18.2 Å². The van der Waals surface area contributed by atoms with Crippen LogP contribution < -0.4 is 5.56 Å². The quantitative estimate of drug-likeness (QED) is 0.801. The van der Waals surface area contributed by atoms with E-state index in [2.05, 4.69) is 0 Å². The Morgan fingerprint density at radius 3 is 2.58 bits per heavy atom. The molecule has 19 heavy (non-hydrogen) atoms. The zero-order valence-corrected chi connectivity index (χ0v) is 10.1. The van der Waals surface area contributed by atoms with Gasteiger partial charge in [-0.15, -0.1) is 0 Å². The first-order valence-corrected chi connectivity index (χ1v) is 5.48. The molecule has 0 saturated carbocycles. The highest BCUT2D eigenvalue weighted by atomic mass is 35.5. The second-order valence-electron chi connectivity index (χ2n) is 3.57. The molecule has 0 atom stereocenters. The largest absolute Gasteiger partial charge is 0.279 e. The predicted molar refractivity (Wildman–Crippen MR) is 66.4 cm³/mol. The van der Waals surface area contributed by atoms with E-state index in [9.17, 15) is 9.18 Å². The van der Waals surface area contributed by atoms with Crippen molar-refractivity contribution in [3.63, 3.8) is 0 Å². The molecular weight excluding hydrogens is 269 g/mol. The monoisotopic (exact) mass is 273 g/mol. The SMILES string of the molecule is N#Cc1cccc(F)c1-n1ccc(Cl)c(C#N)c1=O. The molecule has 0 N–H and O–H groups in total. The average molecular weight is 274 g/mol. The summed E-state index contributed by atoms with van der Waals surface area (Å²) in [5, 5.41) is 17.8. The minimum Gasteiger partial charge on any atom is -0.279 e. The fourth-order valence-electron chi connectivity index (χ4n) is 1.64. The maximum absolute atomic E-state index is 13.8. The molecule has 2 aromatic rings. The summed E-state index contributed by atoms with van der Waals surface area (Å²) in [5.41, 5.74) is -1.26. The van der Waals surface area contributed by atoms with Crippen molar-refractivity contribution in [1.29, 1.82) is 10.5 Å². The number of hydrogen-bond donors (Lipinski definition) is 0. The van der Waals surface area contributed by atoms with Crippen LogP contribution in [0.1, 0.15) is 11.1 Å². The molecule has 0 aliphatic carbocycles. The summed E-state index contributed by atoms with van der Waals surface area (Å²) in [7, 11) is 0. The number of nitriles is 2. The zero-order chi connectivity index (χ0) is 14.0. The van der Waals surface area contributed by atoms with E-state index in [0.29, 0.717) is 0 Å². The molecule has 0 amide bonds. The van der Waals surface area contributed by atoms with Crippen molar-refractivity contribution in [2.45, 2.75) is 0 Å². The Balaban J connectivity index is 2.87. The number of nitrogens with zero attached hydrogens (tertiary/aromatic N) is 3. The minimum absolute atomic E-state index is 0.00619. The smallest absolute Gasteiger partial charge is 0.274 e. The van der Waals surface area contributed by atoms with Gasteiger partial charge in [-0.25, -0.2) is 4.39 Å². The second kappa shape index (κ2) is 4.93. The normalized spacial score (nSPS) is 9.68. The number of benzene rings is 1. The van der Waals surface area contributed by atoms with Crippen molar-refractivity contribution in [2.75, 3.05) is 0 Å². The van der Waals surface area contributed by atoms with Crippen LogP contribution in [0.25, 0.3) is 5.69 Å². The summed E-state index contributed by atoms with van der Waals surface area (Å²) in [6.07, 6.45) is 1.23. The van der Waals surface area contributed by atoms with Gasteiger partial charge in [0.15, 0.2) is 0 Å². The summed E-state index contributed by atoms with van der Waals surface area (Å²) >= 11 is 5.71. The number of para-hydroxylation sites is 1. The van der Waals surface area contributed by atoms with Gasteiger partial charge in [0.05, 0.1) is 10.6 Å². The average Bonchev–Trinajstić information content (AvgIpc) is 2.40. The molecule has 1 aromatic carbocycles. The fraction of sp³-hybridized carbons (Fsp3) is 0. The molecule has 2 rings (SSSR count). The van der Waals surface area contributed by atoms with E-state index in [-0.39, 0.29) is 21.8 Å². The number of hydrogen-bond acceptors (Lipinski definition) is 3. The summed E-state index contributed by atoms with van der Waals surface area (Å²) in [6.45, 7) is 0. The highest BCUT2D eigenvalue weighted by molar-refractivity contribution is 6.31. The Hall–Kier alpha value is -2.63. The molecule has 0 radical (unpaired) electrons. The molecule has 0 saturated heterocycles. The minimum atomic E-state index is -0.767. The maximum atomic E-state index is 13.8. The Kier molecular flexibility index (Phi) is 3.33. The number of aromatic nitrogens is 1. The van der Waals surface area contributed by atoms with Gasteiger partial charge in [-0.3, -0.25) is 9.36 Å². The van der Waals surface area contributed by atoms with Crippen molar-refractivity contribution in [3.8, 4) is 17.8 Å². The highest BCUT2D eigenvalue weighted by Crippen LogP contribution is 2.18. The molecule has 0 fully saturated rings. The third kappa shape index (κ3) is 2.08. The Labute approximate surface area is 112 Å². The van der Waals surface area contributed by atoms with Crippen LogP contribution >= 0.6 is 11.6 Å². The third-order valence-corrected chi connectivity index (χ3v) is 2.82. The lowest BCUT2D eigenvalue weighted by Crippen LogP contribution is -2.22. The van der Waals surface area contributed by atoms with E-state index in [4.69, 9.17) is 22.1 Å². The lowest BCUT2D eigenvalue weighted by atomic mass is 10.1. The summed E-state index contributed by atoms with van der Waals surface area (Å²) in [5.74, 6) is -0.729. The summed E-state index contributed by atoms with van der Waals surface area (Å²) in [4.78, 5) is 12.0. The van der Waals surface area contributed by atoms with Crippen molar-refractivity contribution < 1.29 is 4.39 Å². The van der Waals surface area contributed by atoms with Gasteiger partial charge in [0.2, 0.25) is 0 Å². The van der Waals surface area contributed by atoms with Crippen molar-refractivity contribution in [3.05, 3.63) is 62.8 Å². The van der Waals surface area contributed by atoms with E-state index >= 15 is 0 Å². The Morgan fingerprint density at radius 2 is 1.95 bits per heavy atom. The van der Waals surface area contributed by atoms with Gasteiger partial charge >= 0.3 is 0 Å². The molecule has 0 bridgehead atoms.